The van der Waals surface area contributed by atoms with Crippen LogP contribution in [0.15, 0.2) is 18.2 Å². The number of carbonyl (C=O) groups is 3. The van der Waals surface area contributed by atoms with Gasteiger partial charge in [0.25, 0.3) is 5.91 Å². The summed E-state index contributed by atoms with van der Waals surface area (Å²) in [6.07, 6.45) is -4.97. The van der Waals surface area contributed by atoms with Gasteiger partial charge in [-0.2, -0.15) is 13.2 Å². The van der Waals surface area contributed by atoms with E-state index in [0.29, 0.717) is 5.69 Å². The van der Waals surface area contributed by atoms with E-state index in [-0.39, 0.29) is 30.2 Å². The Bertz CT molecular complexity index is 1080. The van der Waals surface area contributed by atoms with Gasteiger partial charge in [0.1, 0.15) is 11.8 Å². The van der Waals surface area contributed by atoms with Crippen molar-refractivity contribution in [3.8, 4) is 0 Å². The number of nitrogens with one attached hydrogen (secondary N) is 3. The Kier molecular flexibility index (Phi) is 7.65. The molecule has 2 aliphatic heterocycles. The summed E-state index contributed by atoms with van der Waals surface area (Å²) in [7, 11) is -2.13. The molecule has 0 radical (unpaired) electrons. The first-order valence-corrected chi connectivity index (χ1v) is 12.6. The van der Waals surface area contributed by atoms with Crippen molar-refractivity contribution < 1.29 is 36.0 Å². The van der Waals surface area contributed by atoms with Crippen LogP contribution in [0.3, 0.4) is 0 Å². The van der Waals surface area contributed by atoms with Crippen LogP contribution in [0.25, 0.3) is 0 Å². The highest BCUT2D eigenvalue weighted by atomic mass is 35.5. The third-order valence-corrected chi connectivity index (χ3v) is 7.75. The molecule has 1 aromatic carbocycles. The second-order valence-corrected chi connectivity index (χ2v) is 10.8. The number of hydrogen-bond donors (Lipinski definition) is 3. The summed E-state index contributed by atoms with van der Waals surface area (Å²) >= 11 is 6.09. The molecule has 9 nitrogen and oxygen atoms in total. The maximum atomic E-state index is 13.6. The molecule has 34 heavy (non-hydrogen) atoms. The van der Waals surface area contributed by atoms with E-state index in [4.69, 9.17) is 11.6 Å². The van der Waals surface area contributed by atoms with Gasteiger partial charge >= 0.3 is 6.18 Å². The number of hydrogen-bond acceptors (Lipinski definition) is 6. The first-order valence-electron chi connectivity index (χ1n) is 10.4. The third-order valence-electron chi connectivity index (χ3n) is 5.90. The minimum Gasteiger partial charge on any atom is -0.388 e. The lowest BCUT2D eigenvalue weighted by Gasteiger charge is -2.41. The van der Waals surface area contributed by atoms with Crippen molar-refractivity contribution in [2.75, 3.05) is 43.5 Å². The second-order valence-electron chi connectivity index (χ2n) is 8.31. The van der Waals surface area contributed by atoms with Crippen molar-refractivity contribution in [1.82, 2.24) is 15.5 Å². The van der Waals surface area contributed by atoms with Crippen LogP contribution in [0.1, 0.15) is 16.8 Å². The molecular weight excluding hydrogens is 501 g/mol. The predicted octanol–water partition coefficient (Wildman–Crippen LogP) is 1.05. The zero-order valence-electron chi connectivity index (χ0n) is 18.1. The summed E-state index contributed by atoms with van der Waals surface area (Å²) in [5, 5.41) is 7.72. The van der Waals surface area contributed by atoms with Gasteiger partial charge in [0, 0.05) is 38.3 Å². The number of nitrogens with zero attached hydrogens (tertiary/aromatic N) is 1. The number of sulfone groups is 1. The smallest absolute Gasteiger partial charge is 0.388 e. The molecule has 0 saturated carbocycles. The van der Waals surface area contributed by atoms with E-state index in [2.05, 4.69) is 16.0 Å². The van der Waals surface area contributed by atoms with Crippen molar-refractivity contribution >= 4 is 44.8 Å². The molecule has 1 aromatic rings. The SMILES string of the molecule is CNc1ccc(C(=O)NCC2CN(C(=O)[C@@H]3CS(=O)(=O)CC(=O)N3)CCC2C(F)(F)F)c(Cl)c1. The molecule has 2 unspecified atom stereocenters. The molecule has 0 spiro atoms. The van der Waals surface area contributed by atoms with Crippen LogP contribution in [0, 0.1) is 11.8 Å². The summed E-state index contributed by atoms with van der Waals surface area (Å²) < 4.78 is 64.6. The normalized spacial score (nSPS) is 24.8. The highest BCUT2D eigenvalue weighted by molar-refractivity contribution is 7.92. The van der Waals surface area contributed by atoms with Gasteiger partial charge in [-0.25, -0.2) is 8.42 Å². The molecular formula is C20H24ClF3N4O5S. The van der Waals surface area contributed by atoms with Crippen molar-refractivity contribution in [2.45, 2.75) is 18.6 Å². The summed E-state index contributed by atoms with van der Waals surface area (Å²) in [6.45, 7) is -0.995. The molecule has 188 valence electrons. The number of halogens is 4. The van der Waals surface area contributed by atoms with Crippen molar-refractivity contribution in [1.29, 1.82) is 0 Å². The van der Waals surface area contributed by atoms with Crippen LogP contribution in [0.4, 0.5) is 18.9 Å². The van der Waals surface area contributed by atoms with E-state index in [1.165, 1.54) is 12.1 Å². The summed E-state index contributed by atoms with van der Waals surface area (Å²) in [6, 6.07) is 3.18. The maximum Gasteiger partial charge on any atom is 0.392 e. The molecule has 3 atom stereocenters. The number of carbonyl (C=O) groups excluding carboxylic acids is 3. The molecule has 2 fully saturated rings. The third kappa shape index (κ3) is 6.12. The zero-order valence-corrected chi connectivity index (χ0v) is 19.7. The van der Waals surface area contributed by atoms with Gasteiger partial charge in [0.15, 0.2) is 9.84 Å². The number of piperidine rings is 1. The Hall–Kier alpha value is -2.54. The highest BCUT2D eigenvalue weighted by Gasteiger charge is 2.48. The van der Waals surface area contributed by atoms with Crippen molar-refractivity contribution in [3.05, 3.63) is 28.8 Å². The van der Waals surface area contributed by atoms with Crippen LogP contribution >= 0.6 is 11.6 Å². The molecule has 2 aliphatic rings. The Morgan fingerprint density at radius 1 is 1.29 bits per heavy atom. The Morgan fingerprint density at radius 3 is 2.59 bits per heavy atom. The lowest BCUT2D eigenvalue weighted by Crippen LogP contribution is -2.60. The Balaban J connectivity index is 1.72. The number of benzene rings is 1. The monoisotopic (exact) mass is 524 g/mol. The van der Waals surface area contributed by atoms with Crippen LogP contribution < -0.4 is 16.0 Å². The van der Waals surface area contributed by atoms with E-state index in [9.17, 15) is 36.0 Å². The van der Waals surface area contributed by atoms with E-state index in [1.807, 2.05) is 0 Å². The van der Waals surface area contributed by atoms with Crippen LogP contribution in [-0.2, 0) is 19.4 Å². The summed E-state index contributed by atoms with van der Waals surface area (Å²) in [5.41, 5.74) is 0.736. The fourth-order valence-electron chi connectivity index (χ4n) is 4.19. The lowest BCUT2D eigenvalue weighted by atomic mass is 9.84. The molecule has 0 bridgehead atoms. The minimum atomic E-state index is -4.56. The number of likely N-dealkylation sites (tertiary alicyclic amines) is 1. The van der Waals surface area contributed by atoms with Gasteiger partial charge in [-0.1, -0.05) is 11.6 Å². The van der Waals surface area contributed by atoms with Gasteiger partial charge in [0.05, 0.1) is 22.3 Å². The fraction of sp³-hybridized carbons (Fsp3) is 0.550. The largest absolute Gasteiger partial charge is 0.392 e. The second kappa shape index (κ2) is 9.98. The molecule has 0 aromatic heterocycles. The minimum absolute atomic E-state index is 0.0862. The van der Waals surface area contributed by atoms with Crippen LogP contribution in [-0.4, -0.2) is 81.4 Å². The number of anilines is 1. The van der Waals surface area contributed by atoms with Gasteiger partial charge in [0.2, 0.25) is 11.8 Å². The number of rotatable bonds is 5. The van der Waals surface area contributed by atoms with Crippen molar-refractivity contribution in [2.24, 2.45) is 11.8 Å². The van der Waals surface area contributed by atoms with Crippen LogP contribution in [0.2, 0.25) is 5.02 Å². The zero-order chi connectivity index (χ0) is 25.3. The number of amides is 3. The fourth-order valence-corrected chi connectivity index (χ4v) is 5.79. The van der Waals surface area contributed by atoms with Gasteiger partial charge < -0.3 is 20.9 Å². The molecule has 14 heteroatoms. The van der Waals surface area contributed by atoms with E-state index in [0.717, 1.165) is 4.90 Å². The molecule has 3 rings (SSSR count). The maximum absolute atomic E-state index is 13.6. The Labute approximate surface area is 199 Å². The van der Waals surface area contributed by atoms with E-state index in [1.54, 1.807) is 13.1 Å². The van der Waals surface area contributed by atoms with Gasteiger partial charge in [-0.15, -0.1) is 0 Å². The van der Waals surface area contributed by atoms with Crippen LogP contribution in [0.5, 0.6) is 0 Å². The lowest BCUT2D eigenvalue weighted by molar-refractivity contribution is -0.200. The molecule has 2 saturated heterocycles. The average molecular weight is 525 g/mol. The average Bonchev–Trinajstić information content (AvgIpc) is 2.74. The van der Waals surface area contributed by atoms with E-state index >= 15 is 0 Å². The number of alkyl halides is 3. The summed E-state index contributed by atoms with van der Waals surface area (Å²) in [5.74, 6) is -6.56. The molecule has 3 N–H and O–H groups in total. The van der Waals surface area contributed by atoms with Gasteiger partial charge in [-0.05, 0) is 24.6 Å². The highest BCUT2D eigenvalue weighted by Crippen LogP contribution is 2.38. The van der Waals surface area contributed by atoms with Crippen molar-refractivity contribution in [3.63, 3.8) is 0 Å². The molecule has 3 amide bonds. The van der Waals surface area contributed by atoms with E-state index < -0.39 is 69.5 Å². The standard InChI is InChI=1S/C20H24ClF3N4O5S/c1-25-12-2-3-13(15(21)6-12)18(30)26-7-11-8-28(5-4-14(11)20(22,23)24)19(31)16-9-34(32,33)10-17(29)27-16/h2-3,6,11,14,16,25H,4-5,7-10H2,1H3,(H,26,30)(H,27,29)/t11?,14?,16-/m0/s1. The summed E-state index contributed by atoms with van der Waals surface area (Å²) in [4.78, 5) is 38.1. The molecule has 2 heterocycles. The topological polar surface area (TPSA) is 125 Å². The predicted molar refractivity (Wildman–Crippen MR) is 118 cm³/mol. The van der Waals surface area contributed by atoms with Gasteiger partial charge in [-0.3, -0.25) is 14.4 Å². The Morgan fingerprint density at radius 2 is 2.00 bits per heavy atom. The molecule has 0 aliphatic carbocycles. The quantitative estimate of drug-likeness (QED) is 0.529. The first kappa shape index (κ1) is 26.1. The first-order chi connectivity index (χ1) is 15.8.